The molecule has 1 amide bonds. The number of piperidine rings is 1. The van der Waals surface area contributed by atoms with Crippen molar-refractivity contribution in [2.75, 3.05) is 13.1 Å². The van der Waals surface area contributed by atoms with E-state index in [1.807, 2.05) is 19.1 Å². The Hall–Kier alpha value is -1.06. The summed E-state index contributed by atoms with van der Waals surface area (Å²) in [5, 5.41) is 7.07. The zero-order valence-corrected chi connectivity index (χ0v) is 12.3. The first kappa shape index (κ1) is 14.4. The van der Waals surface area contributed by atoms with E-state index >= 15 is 0 Å². The van der Waals surface area contributed by atoms with Crippen LogP contribution in [0, 0.1) is 12.8 Å². The summed E-state index contributed by atoms with van der Waals surface area (Å²) in [6.45, 7) is 6.09. The summed E-state index contributed by atoms with van der Waals surface area (Å²) >= 11 is 5.99. The van der Waals surface area contributed by atoms with E-state index in [4.69, 9.17) is 11.6 Å². The van der Waals surface area contributed by atoms with Crippen molar-refractivity contribution in [1.29, 1.82) is 0 Å². The molecule has 1 aromatic carbocycles. The van der Waals surface area contributed by atoms with E-state index in [2.05, 4.69) is 17.6 Å². The molecule has 2 atom stereocenters. The standard InChI is InChI=1S/C15H21ClN2O/c1-10-6-13(8-14(16)7-10)15(19)18-11(2)12-4-3-5-17-9-12/h6-8,11-12,17H,3-5,9H2,1-2H3,(H,18,19). The van der Waals surface area contributed by atoms with E-state index < -0.39 is 0 Å². The summed E-state index contributed by atoms with van der Waals surface area (Å²) in [5.74, 6) is 0.474. The van der Waals surface area contributed by atoms with Gasteiger partial charge in [0.15, 0.2) is 0 Å². The second-order valence-electron chi connectivity index (χ2n) is 5.39. The van der Waals surface area contributed by atoms with Gasteiger partial charge in [0.2, 0.25) is 0 Å². The Morgan fingerprint density at radius 3 is 2.89 bits per heavy atom. The molecule has 1 heterocycles. The first-order chi connectivity index (χ1) is 9.06. The third-order valence-electron chi connectivity index (χ3n) is 3.71. The zero-order chi connectivity index (χ0) is 13.8. The molecule has 1 aliphatic heterocycles. The first-order valence-corrected chi connectivity index (χ1v) is 7.23. The minimum Gasteiger partial charge on any atom is -0.349 e. The largest absolute Gasteiger partial charge is 0.349 e. The minimum atomic E-state index is -0.0383. The van der Waals surface area contributed by atoms with Crippen LogP contribution in [0.1, 0.15) is 35.7 Å². The highest BCUT2D eigenvalue weighted by Gasteiger charge is 2.21. The van der Waals surface area contributed by atoms with Crippen LogP contribution in [0.4, 0.5) is 0 Å². The predicted octanol–water partition coefficient (Wildman–Crippen LogP) is 2.77. The molecule has 3 nitrogen and oxygen atoms in total. The molecule has 1 aromatic rings. The Balaban J connectivity index is 1.99. The number of aryl methyl sites for hydroxylation is 1. The van der Waals surface area contributed by atoms with Crippen molar-refractivity contribution in [1.82, 2.24) is 10.6 Å². The van der Waals surface area contributed by atoms with Crippen LogP contribution in [-0.4, -0.2) is 25.0 Å². The third kappa shape index (κ3) is 3.95. The zero-order valence-electron chi connectivity index (χ0n) is 11.5. The topological polar surface area (TPSA) is 41.1 Å². The molecule has 0 aliphatic carbocycles. The molecule has 104 valence electrons. The summed E-state index contributed by atoms with van der Waals surface area (Å²) in [6, 6.07) is 5.62. The van der Waals surface area contributed by atoms with E-state index in [0.717, 1.165) is 18.7 Å². The number of hydrogen-bond acceptors (Lipinski definition) is 2. The van der Waals surface area contributed by atoms with Gasteiger partial charge in [0.05, 0.1) is 0 Å². The molecule has 0 bridgehead atoms. The van der Waals surface area contributed by atoms with Gasteiger partial charge in [0, 0.05) is 16.6 Å². The number of carbonyl (C=O) groups is 1. The smallest absolute Gasteiger partial charge is 0.251 e. The van der Waals surface area contributed by atoms with Crippen molar-refractivity contribution < 1.29 is 4.79 Å². The van der Waals surface area contributed by atoms with Crippen LogP contribution in [-0.2, 0) is 0 Å². The molecule has 1 saturated heterocycles. The molecule has 1 aliphatic rings. The van der Waals surface area contributed by atoms with Gasteiger partial charge >= 0.3 is 0 Å². The normalized spacial score (nSPS) is 20.9. The van der Waals surface area contributed by atoms with Gasteiger partial charge in [0.25, 0.3) is 5.91 Å². The molecule has 2 rings (SSSR count). The van der Waals surface area contributed by atoms with Crippen LogP contribution in [0.2, 0.25) is 5.02 Å². The van der Waals surface area contributed by atoms with Crippen LogP contribution in [0.3, 0.4) is 0 Å². The lowest BCUT2D eigenvalue weighted by molar-refractivity contribution is 0.0922. The summed E-state index contributed by atoms with van der Waals surface area (Å²) in [6.07, 6.45) is 2.35. The Morgan fingerprint density at radius 1 is 1.47 bits per heavy atom. The number of halogens is 1. The average molecular weight is 281 g/mol. The lowest BCUT2D eigenvalue weighted by Crippen LogP contribution is -2.44. The van der Waals surface area contributed by atoms with E-state index in [-0.39, 0.29) is 11.9 Å². The summed E-state index contributed by atoms with van der Waals surface area (Å²) in [5.41, 5.74) is 1.64. The highest BCUT2D eigenvalue weighted by atomic mass is 35.5. The number of hydrogen-bond donors (Lipinski definition) is 2. The maximum Gasteiger partial charge on any atom is 0.251 e. The summed E-state index contributed by atoms with van der Waals surface area (Å²) < 4.78 is 0. The Morgan fingerprint density at radius 2 is 2.26 bits per heavy atom. The Bertz CT molecular complexity index is 435. The maximum atomic E-state index is 12.2. The molecule has 0 aromatic heterocycles. The summed E-state index contributed by atoms with van der Waals surface area (Å²) in [7, 11) is 0. The fraction of sp³-hybridized carbons (Fsp3) is 0.533. The fourth-order valence-corrected chi connectivity index (χ4v) is 2.87. The SMILES string of the molecule is Cc1cc(Cl)cc(C(=O)NC(C)C2CCCNC2)c1. The second kappa shape index (κ2) is 6.40. The van der Waals surface area contributed by atoms with E-state index in [1.54, 1.807) is 6.07 Å². The third-order valence-corrected chi connectivity index (χ3v) is 3.92. The van der Waals surface area contributed by atoms with Gasteiger partial charge in [-0.1, -0.05) is 11.6 Å². The van der Waals surface area contributed by atoms with E-state index in [9.17, 15) is 4.79 Å². The molecule has 0 spiro atoms. The number of carbonyl (C=O) groups excluding carboxylic acids is 1. The molecule has 2 unspecified atom stereocenters. The van der Waals surface area contributed by atoms with Crippen LogP contribution in [0.15, 0.2) is 18.2 Å². The van der Waals surface area contributed by atoms with Crippen molar-refractivity contribution in [3.8, 4) is 0 Å². The second-order valence-corrected chi connectivity index (χ2v) is 5.82. The quantitative estimate of drug-likeness (QED) is 0.894. The lowest BCUT2D eigenvalue weighted by atomic mass is 9.92. The van der Waals surface area contributed by atoms with Gasteiger partial charge in [0.1, 0.15) is 0 Å². The van der Waals surface area contributed by atoms with Crippen molar-refractivity contribution in [3.63, 3.8) is 0 Å². The van der Waals surface area contributed by atoms with Crippen molar-refractivity contribution in [3.05, 3.63) is 34.3 Å². The van der Waals surface area contributed by atoms with Gasteiger partial charge in [-0.2, -0.15) is 0 Å². The van der Waals surface area contributed by atoms with Crippen molar-refractivity contribution in [2.24, 2.45) is 5.92 Å². The van der Waals surface area contributed by atoms with Gasteiger partial charge in [-0.25, -0.2) is 0 Å². The monoisotopic (exact) mass is 280 g/mol. The average Bonchev–Trinajstić information content (AvgIpc) is 2.38. The highest BCUT2D eigenvalue weighted by Crippen LogP contribution is 2.17. The molecule has 4 heteroatoms. The number of nitrogens with one attached hydrogen (secondary N) is 2. The molecule has 2 N–H and O–H groups in total. The van der Waals surface area contributed by atoms with Gasteiger partial charge in [-0.3, -0.25) is 4.79 Å². The van der Waals surface area contributed by atoms with Crippen LogP contribution in [0.25, 0.3) is 0 Å². The molecule has 0 saturated carbocycles. The Kier molecular flexibility index (Phi) is 4.83. The maximum absolute atomic E-state index is 12.2. The van der Waals surface area contributed by atoms with Crippen molar-refractivity contribution >= 4 is 17.5 Å². The van der Waals surface area contributed by atoms with Gasteiger partial charge in [-0.15, -0.1) is 0 Å². The van der Waals surface area contributed by atoms with Crippen LogP contribution in [0.5, 0.6) is 0 Å². The molecule has 19 heavy (non-hydrogen) atoms. The number of benzene rings is 1. The van der Waals surface area contributed by atoms with Gasteiger partial charge in [-0.05, 0) is 69.5 Å². The number of amides is 1. The Labute approximate surface area is 119 Å². The highest BCUT2D eigenvalue weighted by molar-refractivity contribution is 6.31. The molecule has 1 fully saturated rings. The summed E-state index contributed by atoms with van der Waals surface area (Å²) in [4.78, 5) is 12.2. The van der Waals surface area contributed by atoms with Gasteiger partial charge < -0.3 is 10.6 Å². The lowest BCUT2D eigenvalue weighted by Gasteiger charge is -2.29. The van der Waals surface area contributed by atoms with E-state index in [1.165, 1.54) is 12.8 Å². The number of rotatable bonds is 3. The van der Waals surface area contributed by atoms with E-state index in [0.29, 0.717) is 16.5 Å². The molecular weight excluding hydrogens is 260 g/mol. The minimum absolute atomic E-state index is 0.0383. The first-order valence-electron chi connectivity index (χ1n) is 6.85. The fourth-order valence-electron chi connectivity index (χ4n) is 2.58. The predicted molar refractivity (Wildman–Crippen MR) is 78.7 cm³/mol. The van der Waals surface area contributed by atoms with Crippen LogP contribution < -0.4 is 10.6 Å². The van der Waals surface area contributed by atoms with Crippen molar-refractivity contribution in [2.45, 2.75) is 32.7 Å². The molecular formula is C15H21ClN2O. The molecule has 0 radical (unpaired) electrons. The van der Waals surface area contributed by atoms with Crippen LogP contribution >= 0.6 is 11.6 Å².